The first-order valence-electron chi connectivity index (χ1n) is 5.34. The predicted octanol–water partition coefficient (Wildman–Crippen LogP) is 2.98. The lowest BCUT2D eigenvalue weighted by molar-refractivity contribution is 0.316. The van der Waals surface area contributed by atoms with Gasteiger partial charge in [0.15, 0.2) is 5.75 Å². The van der Waals surface area contributed by atoms with Crippen LogP contribution in [-0.2, 0) is 0 Å². The number of aromatic hydroxyl groups is 1. The van der Waals surface area contributed by atoms with Crippen molar-refractivity contribution < 1.29 is 14.6 Å². The van der Waals surface area contributed by atoms with Gasteiger partial charge in [-0.25, -0.2) is 4.98 Å². The minimum atomic E-state index is 0.198. The molecule has 4 nitrogen and oxygen atoms in total. The smallest absolute Gasteiger partial charge is 0.262 e. The first kappa shape index (κ1) is 11.3. The van der Waals surface area contributed by atoms with Gasteiger partial charge in [0.25, 0.3) is 5.88 Å². The van der Waals surface area contributed by atoms with E-state index < -0.39 is 0 Å². The molecule has 0 aliphatic carbocycles. The van der Waals surface area contributed by atoms with Gasteiger partial charge in [-0.2, -0.15) is 0 Å². The number of nitrogens with zero attached hydrogens (tertiary/aromatic N) is 1. The Hall–Kier alpha value is -2.23. The number of pyridine rings is 1. The van der Waals surface area contributed by atoms with Crippen LogP contribution in [0.15, 0.2) is 42.6 Å². The molecular formula is C13H13NO3. The van der Waals surface area contributed by atoms with Crippen molar-refractivity contribution in [2.75, 3.05) is 6.61 Å². The molecule has 2 aromatic rings. The van der Waals surface area contributed by atoms with E-state index in [1.165, 1.54) is 0 Å². The first-order valence-corrected chi connectivity index (χ1v) is 5.34. The van der Waals surface area contributed by atoms with Gasteiger partial charge >= 0.3 is 0 Å². The lowest BCUT2D eigenvalue weighted by Gasteiger charge is -2.09. The summed E-state index contributed by atoms with van der Waals surface area (Å²) in [5, 5.41) is 9.17. The molecule has 0 radical (unpaired) electrons. The van der Waals surface area contributed by atoms with Crippen LogP contribution in [0.3, 0.4) is 0 Å². The Morgan fingerprint density at radius 2 is 1.94 bits per heavy atom. The monoisotopic (exact) mass is 231 g/mol. The maximum atomic E-state index is 9.17. The molecule has 0 spiro atoms. The molecule has 88 valence electrons. The Morgan fingerprint density at radius 3 is 2.65 bits per heavy atom. The van der Waals surface area contributed by atoms with Gasteiger partial charge < -0.3 is 14.6 Å². The molecule has 0 saturated heterocycles. The molecule has 0 unspecified atom stereocenters. The van der Waals surface area contributed by atoms with Crippen LogP contribution >= 0.6 is 0 Å². The van der Waals surface area contributed by atoms with Gasteiger partial charge in [0.1, 0.15) is 11.5 Å². The van der Waals surface area contributed by atoms with Crippen molar-refractivity contribution in [1.82, 2.24) is 4.98 Å². The summed E-state index contributed by atoms with van der Waals surface area (Å²) in [6.45, 7) is 2.45. The number of hydrogen-bond donors (Lipinski definition) is 1. The van der Waals surface area contributed by atoms with Crippen molar-refractivity contribution in [3.05, 3.63) is 42.6 Å². The van der Waals surface area contributed by atoms with Gasteiger partial charge in [-0.3, -0.25) is 0 Å². The standard InChI is InChI=1S/C13H13NO3/c1-2-16-12-4-3-9-14-13(12)17-11-7-5-10(15)6-8-11/h3-9,15H,2H2,1H3. The second kappa shape index (κ2) is 5.21. The molecule has 1 aromatic carbocycles. The Morgan fingerprint density at radius 1 is 1.18 bits per heavy atom. The van der Waals surface area contributed by atoms with E-state index in [2.05, 4.69) is 4.98 Å². The summed E-state index contributed by atoms with van der Waals surface area (Å²) in [5.74, 6) is 1.81. The quantitative estimate of drug-likeness (QED) is 0.878. The molecule has 17 heavy (non-hydrogen) atoms. The number of hydrogen-bond acceptors (Lipinski definition) is 4. The molecular weight excluding hydrogens is 218 g/mol. The van der Waals surface area contributed by atoms with Crippen LogP contribution in [0.2, 0.25) is 0 Å². The summed E-state index contributed by atoms with van der Waals surface area (Å²) in [6.07, 6.45) is 1.64. The average molecular weight is 231 g/mol. The van der Waals surface area contributed by atoms with Crippen LogP contribution in [0.1, 0.15) is 6.92 Å². The van der Waals surface area contributed by atoms with E-state index in [4.69, 9.17) is 14.6 Å². The number of rotatable bonds is 4. The van der Waals surface area contributed by atoms with E-state index in [1.807, 2.05) is 6.92 Å². The van der Waals surface area contributed by atoms with Crippen LogP contribution in [0.25, 0.3) is 0 Å². The van der Waals surface area contributed by atoms with E-state index in [-0.39, 0.29) is 5.75 Å². The van der Waals surface area contributed by atoms with Crippen LogP contribution in [0.5, 0.6) is 23.1 Å². The van der Waals surface area contributed by atoms with Crippen LogP contribution in [0, 0.1) is 0 Å². The third kappa shape index (κ3) is 2.87. The maximum absolute atomic E-state index is 9.17. The zero-order valence-electron chi connectivity index (χ0n) is 9.46. The fourth-order valence-electron chi connectivity index (χ4n) is 1.34. The molecule has 1 N–H and O–H groups in total. The molecule has 0 saturated carbocycles. The normalized spacial score (nSPS) is 9.94. The van der Waals surface area contributed by atoms with Crippen molar-refractivity contribution in [1.29, 1.82) is 0 Å². The fraction of sp³-hybridized carbons (Fsp3) is 0.154. The lowest BCUT2D eigenvalue weighted by Crippen LogP contribution is -1.96. The zero-order chi connectivity index (χ0) is 12.1. The first-order chi connectivity index (χ1) is 8.29. The second-order valence-corrected chi connectivity index (χ2v) is 3.34. The maximum Gasteiger partial charge on any atom is 0.262 e. The van der Waals surface area contributed by atoms with Crippen molar-refractivity contribution in [2.45, 2.75) is 6.92 Å². The molecule has 1 aromatic heterocycles. The van der Waals surface area contributed by atoms with E-state index in [1.54, 1.807) is 42.6 Å². The van der Waals surface area contributed by atoms with E-state index in [0.29, 0.717) is 24.0 Å². The number of ether oxygens (including phenoxy) is 2. The second-order valence-electron chi connectivity index (χ2n) is 3.34. The minimum absolute atomic E-state index is 0.198. The van der Waals surface area contributed by atoms with Crippen molar-refractivity contribution in [2.24, 2.45) is 0 Å². The minimum Gasteiger partial charge on any atom is -0.508 e. The van der Waals surface area contributed by atoms with Gasteiger partial charge in [0.05, 0.1) is 6.61 Å². The summed E-state index contributed by atoms with van der Waals surface area (Å²) in [7, 11) is 0. The van der Waals surface area contributed by atoms with Gasteiger partial charge in [-0.1, -0.05) is 0 Å². The summed E-state index contributed by atoms with van der Waals surface area (Å²) >= 11 is 0. The van der Waals surface area contributed by atoms with Crippen LogP contribution < -0.4 is 9.47 Å². The molecule has 0 aliphatic rings. The molecule has 0 fully saturated rings. The summed E-state index contributed by atoms with van der Waals surface area (Å²) in [6, 6.07) is 10.0. The van der Waals surface area contributed by atoms with E-state index in [9.17, 15) is 0 Å². The van der Waals surface area contributed by atoms with Gasteiger partial charge in [-0.15, -0.1) is 0 Å². The fourth-order valence-corrected chi connectivity index (χ4v) is 1.34. The van der Waals surface area contributed by atoms with E-state index in [0.717, 1.165) is 0 Å². The molecule has 4 heteroatoms. The zero-order valence-corrected chi connectivity index (χ0v) is 9.46. The van der Waals surface area contributed by atoms with Crippen LogP contribution in [0.4, 0.5) is 0 Å². The summed E-state index contributed by atoms with van der Waals surface area (Å²) in [4.78, 5) is 4.11. The molecule has 2 rings (SSSR count). The highest BCUT2D eigenvalue weighted by Gasteiger charge is 2.06. The third-order valence-corrected chi connectivity index (χ3v) is 2.09. The Kier molecular flexibility index (Phi) is 3.45. The molecule has 0 bridgehead atoms. The van der Waals surface area contributed by atoms with Crippen LogP contribution in [-0.4, -0.2) is 16.7 Å². The highest BCUT2D eigenvalue weighted by molar-refractivity contribution is 5.38. The van der Waals surface area contributed by atoms with Gasteiger partial charge in [0, 0.05) is 6.20 Å². The highest BCUT2D eigenvalue weighted by Crippen LogP contribution is 2.29. The van der Waals surface area contributed by atoms with Gasteiger partial charge in [-0.05, 0) is 43.3 Å². The SMILES string of the molecule is CCOc1cccnc1Oc1ccc(O)cc1. The molecule has 0 aliphatic heterocycles. The Bertz CT molecular complexity index is 482. The Labute approximate surface area is 99.5 Å². The third-order valence-electron chi connectivity index (χ3n) is 2.09. The number of benzene rings is 1. The van der Waals surface area contributed by atoms with Crippen molar-refractivity contribution >= 4 is 0 Å². The summed E-state index contributed by atoms with van der Waals surface area (Å²) < 4.78 is 11.0. The lowest BCUT2D eigenvalue weighted by atomic mass is 10.3. The topological polar surface area (TPSA) is 51.6 Å². The largest absolute Gasteiger partial charge is 0.508 e. The highest BCUT2D eigenvalue weighted by atomic mass is 16.5. The predicted molar refractivity (Wildman–Crippen MR) is 63.6 cm³/mol. The number of aromatic nitrogens is 1. The molecule has 0 amide bonds. The van der Waals surface area contributed by atoms with Crippen molar-refractivity contribution in [3.63, 3.8) is 0 Å². The summed E-state index contributed by atoms with van der Waals surface area (Å²) in [5.41, 5.74) is 0. The Balaban J connectivity index is 2.20. The van der Waals surface area contributed by atoms with E-state index >= 15 is 0 Å². The number of phenolic OH excluding ortho intramolecular Hbond substituents is 1. The van der Waals surface area contributed by atoms with Crippen molar-refractivity contribution in [3.8, 4) is 23.1 Å². The van der Waals surface area contributed by atoms with Gasteiger partial charge in [0.2, 0.25) is 0 Å². The molecule has 1 heterocycles. The average Bonchev–Trinajstić information content (AvgIpc) is 2.35. The molecule has 0 atom stereocenters. The number of phenols is 1.